The number of nitrogens with zero attached hydrogens (tertiary/aromatic N) is 3. The maximum absolute atomic E-state index is 12.5. The molecule has 1 aromatic heterocycles. The first-order valence-corrected chi connectivity index (χ1v) is 9.78. The van der Waals surface area contributed by atoms with Gasteiger partial charge in [-0.3, -0.25) is 9.48 Å². The highest BCUT2D eigenvalue weighted by atomic mass is 35.5. The fraction of sp³-hybridized carbons (Fsp3) is 0.450. The van der Waals surface area contributed by atoms with Crippen molar-refractivity contribution in [2.45, 2.75) is 46.4 Å². The van der Waals surface area contributed by atoms with Crippen LogP contribution >= 0.6 is 11.6 Å². The van der Waals surface area contributed by atoms with E-state index in [-0.39, 0.29) is 12.1 Å². The number of amides is 2. The van der Waals surface area contributed by atoms with E-state index in [2.05, 4.69) is 5.10 Å². The highest BCUT2D eigenvalue weighted by molar-refractivity contribution is 6.31. The molecule has 2 aromatic rings. The summed E-state index contributed by atoms with van der Waals surface area (Å²) in [7, 11) is 0. The van der Waals surface area contributed by atoms with E-state index >= 15 is 0 Å². The van der Waals surface area contributed by atoms with E-state index in [1.807, 2.05) is 6.92 Å². The van der Waals surface area contributed by atoms with Crippen LogP contribution in [0.25, 0.3) is 11.3 Å². The number of rotatable bonds is 4. The second kappa shape index (κ2) is 7.94. The van der Waals surface area contributed by atoms with Crippen LogP contribution in [0.5, 0.6) is 5.75 Å². The largest absolute Gasteiger partial charge is 0.494 e. The Labute approximate surface area is 174 Å². The number of carbonyl (C=O) groups is 2. The Morgan fingerprint density at radius 3 is 2.59 bits per heavy atom. The number of hydrogen-bond donors (Lipinski definition) is 1. The first kappa shape index (κ1) is 21.0. The first-order valence-electron chi connectivity index (χ1n) is 9.40. The Morgan fingerprint density at radius 1 is 1.24 bits per heavy atom. The lowest BCUT2D eigenvalue weighted by Gasteiger charge is -2.30. The van der Waals surface area contributed by atoms with Crippen LogP contribution in [0.15, 0.2) is 18.2 Å². The van der Waals surface area contributed by atoms with Crippen LogP contribution in [0.3, 0.4) is 0 Å². The fourth-order valence-corrected chi connectivity index (χ4v) is 3.44. The molecule has 1 aliphatic heterocycles. The van der Waals surface area contributed by atoms with Crippen molar-refractivity contribution in [1.82, 2.24) is 14.7 Å². The Morgan fingerprint density at radius 2 is 1.97 bits per heavy atom. The molecule has 0 bridgehead atoms. The third-order valence-corrected chi connectivity index (χ3v) is 4.55. The van der Waals surface area contributed by atoms with E-state index < -0.39 is 17.6 Å². The highest BCUT2D eigenvalue weighted by Gasteiger charge is 2.31. The zero-order valence-electron chi connectivity index (χ0n) is 17.0. The van der Waals surface area contributed by atoms with Gasteiger partial charge in [0.25, 0.3) is 5.91 Å². The summed E-state index contributed by atoms with van der Waals surface area (Å²) in [6.07, 6.45) is -0.441. The van der Waals surface area contributed by atoms with Gasteiger partial charge in [-0.15, -0.1) is 0 Å². The van der Waals surface area contributed by atoms with E-state index in [4.69, 9.17) is 26.8 Å². The standard InChI is InChI=1S/C20H25ClN4O4/c1-5-28-14-9-12(8-13(21)10-14)17-16(18(22)26)15-11-24(6-7-25(15)23-17)19(27)29-20(2,3)4/h8-10H,5-7,11H2,1-4H3,(H2,22,26). The van der Waals surface area contributed by atoms with Gasteiger partial charge in [-0.2, -0.15) is 5.10 Å². The Hall–Kier alpha value is -2.74. The summed E-state index contributed by atoms with van der Waals surface area (Å²) in [4.78, 5) is 26.3. The van der Waals surface area contributed by atoms with Gasteiger partial charge < -0.3 is 20.1 Å². The molecule has 0 unspecified atom stereocenters. The normalized spacial score (nSPS) is 13.8. The monoisotopic (exact) mass is 420 g/mol. The molecule has 156 valence electrons. The molecule has 0 spiro atoms. The molecule has 1 aromatic carbocycles. The van der Waals surface area contributed by atoms with E-state index in [0.717, 1.165) is 0 Å². The van der Waals surface area contributed by atoms with Crippen LogP contribution in [0.1, 0.15) is 43.7 Å². The smallest absolute Gasteiger partial charge is 0.410 e. The fourth-order valence-electron chi connectivity index (χ4n) is 3.21. The molecule has 0 saturated carbocycles. The summed E-state index contributed by atoms with van der Waals surface area (Å²) < 4.78 is 12.7. The van der Waals surface area contributed by atoms with Crippen LogP contribution in [-0.4, -0.2) is 45.4 Å². The summed E-state index contributed by atoms with van der Waals surface area (Å²) in [6, 6.07) is 5.16. The molecule has 3 rings (SSSR count). The summed E-state index contributed by atoms with van der Waals surface area (Å²) in [5, 5.41) is 5.04. The lowest BCUT2D eigenvalue weighted by Crippen LogP contribution is -2.42. The minimum absolute atomic E-state index is 0.180. The molecule has 0 aliphatic carbocycles. The van der Waals surface area contributed by atoms with Crippen LogP contribution in [0.4, 0.5) is 4.79 Å². The maximum Gasteiger partial charge on any atom is 0.410 e. The molecule has 9 heteroatoms. The zero-order valence-corrected chi connectivity index (χ0v) is 17.7. The summed E-state index contributed by atoms with van der Waals surface area (Å²) in [5.41, 5.74) is 6.96. The van der Waals surface area contributed by atoms with Gasteiger partial charge in [-0.25, -0.2) is 4.79 Å². The molecule has 0 fully saturated rings. The van der Waals surface area contributed by atoms with E-state index in [1.54, 1.807) is 48.6 Å². The summed E-state index contributed by atoms with van der Waals surface area (Å²) >= 11 is 6.22. The molecule has 0 atom stereocenters. The van der Waals surface area contributed by atoms with Gasteiger partial charge in [0.05, 0.1) is 31.0 Å². The van der Waals surface area contributed by atoms with Gasteiger partial charge in [0.2, 0.25) is 0 Å². The molecule has 8 nitrogen and oxygen atoms in total. The molecule has 2 N–H and O–H groups in total. The summed E-state index contributed by atoms with van der Waals surface area (Å²) in [5.74, 6) is -0.0444. The first-order chi connectivity index (χ1) is 13.6. The molecule has 0 saturated heterocycles. The predicted molar refractivity (Wildman–Crippen MR) is 109 cm³/mol. The van der Waals surface area contributed by atoms with Crippen molar-refractivity contribution in [2.75, 3.05) is 13.2 Å². The van der Waals surface area contributed by atoms with Gasteiger partial charge in [0.1, 0.15) is 17.0 Å². The maximum atomic E-state index is 12.5. The third kappa shape index (κ3) is 4.64. The lowest BCUT2D eigenvalue weighted by atomic mass is 10.0. The average Bonchev–Trinajstić information content (AvgIpc) is 2.99. The van der Waals surface area contributed by atoms with Crippen molar-refractivity contribution >= 4 is 23.6 Å². The lowest BCUT2D eigenvalue weighted by molar-refractivity contribution is 0.0193. The van der Waals surface area contributed by atoms with Gasteiger partial charge in [-0.1, -0.05) is 11.6 Å². The van der Waals surface area contributed by atoms with Crippen molar-refractivity contribution in [1.29, 1.82) is 0 Å². The average molecular weight is 421 g/mol. The number of ether oxygens (including phenoxy) is 2. The van der Waals surface area contributed by atoms with Crippen molar-refractivity contribution in [2.24, 2.45) is 5.73 Å². The van der Waals surface area contributed by atoms with Crippen LogP contribution in [-0.2, 0) is 17.8 Å². The number of halogens is 1. The van der Waals surface area contributed by atoms with E-state index in [1.165, 1.54) is 0 Å². The highest BCUT2D eigenvalue weighted by Crippen LogP contribution is 2.33. The number of primary amides is 1. The van der Waals surface area contributed by atoms with Gasteiger partial charge in [-0.05, 0) is 45.9 Å². The minimum Gasteiger partial charge on any atom is -0.494 e. The number of nitrogens with two attached hydrogens (primary N) is 1. The van der Waals surface area contributed by atoms with Crippen LogP contribution in [0, 0.1) is 0 Å². The second-order valence-corrected chi connectivity index (χ2v) is 8.20. The zero-order chi connectivity index (χ0) is 21.3. The Kier molecular flexibility index (Phi) is 5.75. The third-order valence-electron chi connectivity index (χ3n) is 4.33. The predicted octanol–water partition coefficient (Wildman–Crippen LogP) is 3.45. The van der Waals surface area contributed by atoms with Gasteiger partial charge in [0, 0.05) is 17.1 Å². The van der Waals surface area contributed by atoms with Crippen molar-refractivity contribution < 1.29 is 19.1 Å². The Bertz CT molecular complexity index is 949. The van der Waals surface area contributed by atoms with E-state index in [0.29, 0.717) is 47.4 Å². The van der Waals surface area contributed by atoms with Crippen molar-refractivity contribution in [3.05, 3.63) is 34.5 Å². The van der Waals surface area contributed by atoms with E-state index in [9.17, 15) is 9.59 Å². The quantitative estimate of drug-likeness (QED) is 0.816. The molecule has 29 heavy (non-hydrogen) atoms. The molecule has 2 amide bonds. The second-order valence-electron chi connectivity index (χ2n) is 7.77. The number of fused-ring (bicyclic) bond motifs is 1. The minimum atomic E-state index is -0.620. The molecular formula is C20H25ClN4O4. The molecule has 0 radical (unpaired) electrons. The van der Waals surface area contributed by atoms with Crippen molar-refractivity contribution in [3.8, 4) is 17.0 Å². The number of carbonyl (C=O) groups excluding carboxylic acids is 2. The van der Waals surface area contributed by atoms with Gasteiger partial charge in [0.15, 0.2) is 0 Å². The molecule has 2 heterocycles. The Balaban J connectivity index is 2.00. The van der Waals surface area contributed by atoms with Crippen molar-refractivity contribution in [3.63, 3.8) is 0 Å². The van der Waals surface area contributed by atoms with Gasteiger partial charge >= 0.3 is 6.09 Å². The number of benzene rings is 1. The van der Waals surface area contributed by atoms with Crippen LogP contribution < -0.4 is 10.5 Å². The number of hydrogen-bond acceptors (Lipinski definition) is 5. The molecular weight excluding hydrogens is 396 g/mol. The summed E-state index contributed by atoms with van der Waals surface area (Å²) in [6.45, 7) is 8.79. The van der Waals surface area contributed by atoms with Crippen LogP contribution in [0.2, 0.25) is 5.02 Å². The SMILES string of the molecule is CCOc1cc(Cl)cc(-c2nn3c(c2C(N)=O)CN(C(=O)OC(C)(C)C)CC3)c1. The molecule has 1 aliphatic rings. The topological polar surface area (TPSA) is 99.7 Å². The number of aromatic nitrogens is 2.